The van der Waals surface area contributed by atoms with Gasteiger partial charge in [-0.25, -0.2) is 0 Å². The maximum absolute atomic E-state index is 10.8. The highest BCUT2D eigenvalue weighted by Gasteiger charge is 1.95. The normalized spacial score (nSPS) is 9.70. The van der Waals surface area contributed by atoms with Gasteiger partial charge in [0.25, 0.3) is 5.56 Å². The summed E-state index contributed by atoms with van der Waals surface area (Å²) in [4.78, 5) is 13.3. The highest BCUT2D eigenvalue weighted by Crippen LogP contribution is 1.87. The number of H-pyrrole nitrogens is 1. The van der Waals surface area contributed by atoms with Gasteiger partial charge < -0.3 is 10.7 Å². The number of nitrogens with two attached hydrogens (primary N) is 1. The molecule has 2 radical (unpaired) electrons. The largest absolute Gasteiger partial charge is 0.394 e. The van der Waals surface area contributed by atoms with E-state index < -0.39 is 0 Å². The van der Waals surface area contributed by atoms with Crippen molar-refractivity contribution in [2.75, 3.05) is 5.73 Å². The number of anilines is 1. The maximum Gasteiger partial charge on any atom is 0.271 e. The number of aromatic nitrogens is 1. The van der Waals surface area contributed by atoms with Gasteiger partial charge in [0.15, 0.2) is 0 Å². The molecule has 0 saturated heterocycles. The van der Waals surface area contributed by atoms with Crippen molar-refractivity contribution >= 4 is 19.0 Å². The molecule has 3 N–H and O–H groups in total. The van der Waals surface area contributed by atoms with Crippen LogP contribution in [0.25, 0.3) is 0 Å². The van der Waals surface area contributed by atoms with Crippen LogP contribution in [0.2, 0.25) is 0 Å². The second-order valence-corrected chi connectivity index (χ2v) is 2.13. The average molecular weight is 134 g/mol. The minimum Gasteiger partial charge on any atom is -0.394 e. The fourth-order valence-corrected chi connectivity index (χ4v) is 0.656. The Morgan fingerprint density at radius 3 is 2.80 bits per heavy atom. The first-order chi connectivity index (χ1) is 4.61. The number of pyridine rings is 1. The highest BCUT2D eigenvalue weighted by molar-refractivity contribution is 6.33. The van der Waals surface area contributed by atoms with Gasteiger partial charge in [-0.15, -0.1) is 0 Å². The quantitative estimate of drug-likeness (QED) is 0.450. The molecule has 0 aliphatic rings. The molecule has 0 bridgehead atoms. The molecule has 1 aromatic rings. The summed E-state index contributed by atoms with van der Waals surface area (Å²) in [6.07, 6.45) is 0. The van der Waals surface area contributed by atoms with E-state index in [1.807, 2.05) is 0 Å². The molecular formula is C6H7BN2O. The SMILES string of the molecule is [B]c1cc(N)c(=O)[nH]c1C. The second kappa shape index (κ2) is 2.21. The summed E-state index contributed by atoms with van der Waals surface area (Å²) in [6.45, 7) is 1.72. The Kier molecular flexibility index (Phi) is 1.53. The van der Waals surface area contributed by atoms with Gasteiger partial charge in [-0.05, 0) is 13.0 Å². The second-order valence-electron chi connectivity index (χ2n) is 2.13. The molecule has 50 valence electrons. The molecule has 0 atom stereocenters. The van der Waals surface area contributed by atoms with E-state index in [0.29, 0.717) is 11.2 Å². The molecule has 0 aliphatic heterocycles. The van der Waals surface area contributed by atoms with E-state index in [1.54, 1.807) is 6.92 Å². The number of nitrogen functional groups attached to an aromatic ring is 1. The molecule has 0 aliphatic carbocycles. The van der Waals surface area contributed by atoms with E-state index in [4.69, 9.17) is 13.6 Å². The number of aryl methyl sites for hydroxylation is 1. The molecule has 4 heteroatoms. The molecule has 0 fully saturated rings. The van der Waals surface area contributed by atoms with Crippen LogP contribution in [0.15, 0.2) is 10.9 Å². The van der Waals surface area contributed by atoms with Crippen LogP contribution in [0, 0.1) is 6.92 Å². The minimum atomic E-state index is -0.285. The van der Waals surface area contributed by atoms with Crippen molar-refractivity contribution in [3.05, 3.63) is 22.1 Å². The van der Waals surface area contributed by atoms with Gasteiger partial charge in [-0.1, -0.05) is 5.46 Å². The molecule has 0 spiro atoms. The Morgan fingerprint density at radius 2 is 2.30 bits per heavy atom. The third-order valence-corrected chi connectivity index (χ3v) is 1.31. The molecular weight excluding hydrogens is 127 g/mol. The summed E-state index contributed by atoms with van der Waals surface area (Å²) in [6, 6.07) is 1.45. The van der Waals surface area contributed by atoms with Crippen LogP contribution in [0.5, 0.6) is 0 Å². The Bertz CT molecular complexity index is 305. The molecule has 0 unspecified atom stereocenters. The summed E-state index contributed by atoms with van der Waals surface area (Å²) >= 11 is 0. The van der Waals surface area contributed by atoms with Crippen LogP contribution >= 0.6 is 0 Å². The van der Waals surface area contributed by atoms with E-state index in [0.717, 1.165) is 0 Å². The summed E-state index contributed by atoms with van der Waals surface area (Å²) in [5.74, 6) is 0. The van der Waals surface area contributed by atoms with Gasteiger partial charge in [0, 0.05) is 5.69 Å². The zero-order valence-corrected chi connectivity index (χ0v) is 5.64. The number of hydrogen-bond donors (Lipinski definition) is 2. The summed E-state index contributed by atoms with van der Waals surface area (Å²) in [7, 11) is 5.44. The first kappa shape index (κ1) is 6.93. The van der Waals surface area contributed by atoms with Gasteiger partial charge >= 0.3 is 0 Å². The molecule has 1 aromatic heterocycles. The van der Waals surface area contributed by atoms with Crippen molar-refractivity contribution in [1.29, 1.82) is 0 Å². The fourth-order valence-electron chi connectivity index (χ4n) is 0.656. The van der Waals surface area contributed by atoms with E-state index >= 15 is 0 Å². The van der Waals surface area contributed by atoms with Gasteiger partial charge in [-0.3, -0.25) is 4.79 Å². The summed E-state index contributed by atoms with van der Waals surface area (Å²) in [5, 5.41) is 0. The van der Waals surface area contributed by atoms with Crippen molar-refractivity contribution < 1.29 is 0 Å². The lowest BCUT2D eigenvalue weighted by Crippen LogP contribution is -2.21. The van der Waals surface area contributed by atoms with Crippen molar-refractivity contribution in [1.82, 2.24) is 4.98 Å². The lowest BCUT2D eigenvalue weighted by molar-refractivity contribution is 1.17. The average Bonchev–Trinajstić information content (AvgIpc) is 1.84. The fraction of sp³-hybridized carbons (Fsp3) is 0.167. The molecule has 0 aromatic carbocycles. The maximum atomic E-state index is 10.8. The van der Waals surface area contributed by atoms with Crippen molar-refractivity contribution in [2.24, 2.45) is 0 Å². The molecule has 10 heavy (non-hydrogen) atoms. The van der Waals surface area contributed by atoms with Crippen LogP contribution in [-0.2, 0) is 0 Å². The third-order valence-electron chi connectivity index (χ3n) is 1.31. The van der Waals surface area contributed by atoms with Crippen LogP contribution in [0.4, 0.5) is 5.69 Å². The predicted octanol–water partition coefficient (Wildman–Crippen LogP) is -0.941. The van der Waals surface area contributed by atoms with Crippen LogP contribution in [0.1, 0.15) is 5.69 Å². The molecule has 0 amide bonds. The first-order valence-corrected chi connectivity index (χ1v) is 2.86. The number of rotatable bonds is 0. The van der Waals surface area contributed by atoms with Crippen molar-refractivity contribution in [3.8, 4) is 0 Å². The van der Waals surface area contributed by atoms with E-state index in [-0.39, 0.29) is 11.2 Å². The van der Waals surface area contributed by atoms with Crippen molar-refractivity contribution in [2.45, 2.75) is 6.92 Å². The van der Waals surface area contributed by atoms with E-state index in [2.05, 4.69) is 4.98 Å². The van der Waals surface area contributed by atoms with Crippen LogP contribution < -0.4 is 16.8 Å². The first-order valence-electron chi connectivity index (χ1n) is 2.86. The Morgan fingerprint density at radius 1 is 1.70 bits per heavy atom. The zero-order chi connectivity index (χ0) is 7.72. The number of nitrogens with one attached hydrogen (secondary N) is 1. The standard InChI is InChI=1S/C6H7BN2O/c1-3-4(7)2-5(8)6(10)9-3/h2H,8H2,1H3,(H,9,10). The van der Waals surface area contributed by atoms with Gasteiger partial charge in [0.05, 0.1) is 5.69 Å². The minimum absolute atomic E-state index is 0.156. The monoisotopic (exact) mass is 134 g/mol. The predicted molar refractivity (Wildman–Crippen MR) is 41.6 cm³/mol. The number of aromatic amines is 1. The third kappa shape index (κ3) is 1.05. The molecule has 3 nitrogen and oxygen atoms in total. The Balaban J connectivity index is 3.43. The number of hydrogen-bond acceptors (Lipinski definition) is 2. The van der Waals surface area contributed by atoms with Gasteiger partial charge in [0.2, 0.25) is 0 Å². The summed E-state index contributed by atoms with van der Waals surface area (Å²) in [5.41, 5.74) is 6.30. The molecule has 1 heterocycles. The Hall–Kier alpha value is -1.19. The smallest absolute Gasteiger partial charge is 0.271 e. The van der Waals surface area contributed by atoms with Gasteiger partial charge in [0.1, 0.15) is 7.85 Å². The lowest BCUT2D eigenvalue weighted by Gasteiger charge is -1.99. The molecule has 1 rings (SSSR count). The van der Waals surface area contributed by atoms with Gasteiger partial charge in [-0.2, -0.15) is 0 Å². The van der Waals surface area contributed by atoms with E-state index in [9.17, 15) is 4.79 Å². The van der Waals surface area contributed by atoms with E-state index in [1.165, 1.54) is 6.07 Å². The molecule has 0 saturated carbocycles. The lowest BCUT2D eigenvalue weighted by atomic mass is 9.94. The summed E-state index contributed by atoms with van der Waals surface area (Å²) < 4.78 is 0. The van der Waals surface area contributed by atoms with Crippen LogP contribution in [-0.4, -0.2) is 12.8 Å². The highest BCUT2D eigenvalue weighted by atomic mass is 16.1. The van der Waals surface area contributed by atoms with Crippen molar-refractivity contribution in [3.63, 3.8) is 0 Å². The van der Waals surface area contributed by atoms with Crippen LogP contribution in [0.3, 0.4) is 0 Å². The zero-order valence-electron chi connectivity index (χ0n) is 5.64. The topological polar surface area (TPSA) is 58.9 Å². The Labute approximate surface area is 59.7 Å².